The number of ether oxygens (including phenoxy) is 1. The van der Waals surface area contributed by atoms with E-state index >= 15 is 0 Å². The summed E-state index contributed by atoms with van der Waals surface area (Å²) in [6.45, 7) is 4.31. The molecule has 0 fully saturated rings. The van der Waals surface area contributed by atoms with Gasteiger partial charge in [-0.1, -0.05) is 26.7 Å². The zero-order valence-corrected chi connectivity index (χ0v) is 16.2. The smallest absolute Gasteiger partial charge is 0.293 e. The average Bonchev–Trinajstić information content (AvgIpc) is 2.57. The molecule has 25 heavy (non-hydrogen) atoms. The summed E-state index contributed by atoms with van der Waals surface area (Å²) >= 11 is 0. The number of nitro groups is 1. The van der Waals surface area contributed by atoms with Crippen molar-refractivity contribution in [3.05, 3.63) is 28.3 Å². The molecule has 0 saturated carbocycles. The molecule has 0 amide bonds. The van der Waals surface area contributed by atoms with E-state index in [1.807, 2.05) is 19.0 Å². The van der Waals surface area contributed by atoms with Gasteiger partial charge < -0.3 is 9.64 Å². The van der Waals surface area contributed by atoms with Crippen molar-refractivity contribution >= 4 is 15.7 Å². The fourth-order valence-corrected chi connectivity index (χ4v) is 4.07. The van der Waals surface area contributed by atoms with Gasteiger partial charge in [-0.05, 0) is 32.1 Å². The highest BCUT2D eigenvalue weighted by molar-refractivity contribution is 7.89. The van der Waals surface area contributed by atoms with Gasteiger partial charge in [-0.3, -0.25) is 10.1 Å². The third kappa shape index (κ3) is 5.38. The maximum absolute atomic E-state index is 12.6. The molecule has 1 unspecified atom stereocenters. The Kier molecular flexibility index (Phi) is 7.78. The molecule has 0 aliphatic rings. The lowest BCUT2D eigenvalue weighted by atomic mass is 9.93. The fourth-order valence-electron chi connectivity index (χ4n) is 2.87. The number of nitro benzene ring substituents is 1. The number of benzene rings is 1. The largest absolute Gasteiger partial charge is 0.497 e. The molecule has 1 aromatic rings. The summed E-state index contributed by atoms with van der Waals surface area (Å²) in [6.07, 6.45) is 1.84. The maximum Gasteiger partial charge on any atom is 0.293 e. The molecule has 0 spiro atoms. The van der Waals surface area contributed by atoms with Gasteiger partial charge in [0, 0.05) is 12.6 Å². The molecular formula is C16H27N3O5S. The third-order valence-corrected chi connectivity index (χ3v) is 5.86. The second-order valence-electron chi connectivity index (χ2n) is 6.05. The monoisotopic (exact) mass is 373 g/mol. The van der Waals surface area contributed by atoms with E-state index in [1.54, 1.807) is 0 Å². The normalized spacial score (nSPS) is 13.2. The van der Waals surface area contributed by atoms with Crippen molar-refractivity contribution in [3.8, 4) is 5.75 Å². The van der Waals surface area contributed by atoms with Crippen LogP contribution in [-0.4, -0.2) is 52.0 Å². The molecule has 1 N–H and O–H groups in total. The van der Waals surface area contributed by atoms with Crippen molar-refractivity contribution in [1.29, 1.82) is 0 Å². The van der Waals surface area contributed by atoms with Crippen molar-refractivity contribution in [2.75, 3.05) is 27.7 Å². The number of nitrogens with zero attached hydrogens (tertiary/aromatic N) is 2. The molecule has 0 aliphatic heterocycles. The number of rotatable bonds is 10. The SMILES string of the molecule is CCC(CC)C(CNS(=O)(=O)c1ccc(OC)cc1[N+](=O)[O-])N(C)C. The van der Waals surface area contributed by atoms with Crippen LogP contribution in [0.2, 0.25) is 0 Å². The standard InChI is InChI=1S/C16H27N3O5S/c1-6-12(7-2)15(18(3)4)11-17-25(22,23)16-9-8-13(24-5)10-14(16)19(20)21/h8-10,12,15,17H,6-7,11H2,1-5H3. The van der Waals surface area contributed by atoms with Crippen LogP contribution < -0.4 is 9.46 Å². The van der Waals surface area contributed by atoms with E-state index in [1.165, 1.54) is 19.2 Å². The molecular weight excluding hydrogens is 346 g/mol. The number of hydrogen-bond acceptors (Lipinski definition) is 6. The first kappa shape index (κ1) is 21.3. The molecule has 9 heteroatoms. The number of sulfonamides is 1. The molecule has 1 aromatic carbocycles. The second-order valence-corrected chi connectivity index (χ2v) is 7.79. The highest BCUT2D eigenvalue weighted by Gasteiger charge is 2.29. The first-order valence-corrected chi connectivity index (χ1v) is 9.64. The zero-order chi connectivity index (χ0) is 19.2. The van der Waals surface area contributed by atoms with E-state index in [0.717, 1.165) is 18.9 Å². The van der Waals surface area contributed by atoms with Crippen molar-refractivity contribution in [1.82, 2.24) is 9.62 Å². The molecule has 0 radical (unpaired) electrons. The molecule has 0 aliphatic carbocycles. The number of methoxy groups -OCH3 is 1. The Labute approximate surface area is 149 Å². The Bertz CT molecular complexity index is 687. The van der Waals surface area contributed by atoms with Crippen LogP contribution in [0.4, 0.5) is 5.69 Å². The Morgan fingerprint density at radius 1 is 1.28 bits per heavy atom. The summed E-state index contributed by atoms with van der Waals surface area (Å²) in [5.41, 5.74) is -0.504. The van der Waals surface area contributed by atoms with Gasteiger partial charge in [0.05, 0.1) is 18.1 Å². The second kappa shape index (κ2) is 9.12. The van der Waals surface area contributed by atoms with Crippen molar-refractivity contribution < 1.29 is 18.1 Å². The van der Waals surface area contributed by atoms with Crippen LogP contribution >= 0.6 is 0 Å². The minimum atomic E-state index is -4.01. The Balaban J connectivity index is 3.11. The lowest BCUT2D eigenvalue weighted by Gasteiger charge is -2.31. The van der Waals surface area contributed by atoms with Crippen LogP contribution in [0.5, 0.6) is 5.75 Å². The van der Waals surface area contributed by atoms with Crippen LogP contribution in [0.15, 0.2) is 23.1 Å². The Hall–Kier alpha value is -1.71. The van der Waals surface area contributed by atoms with Crippen molar-refractivity contribution in [2.24, 2.45) is 5.92 Å². The fraction of sp³-hybridized carbons (Fsp3) is 0.625. The summed E-state index contributed by atoms with van der Waals surface area (Å²) in [5, 5.41) is 11.2. The van der Waals surface area contributed by atoms with Gasteiger partial charge in [0.25, 0.3) is 5.69 Å². The number of nitrogens with one attached hydrogen (secondary N) is 1. The highest BCUT2D eigenvalue weighted by Crippen LogP contribution is 2.28. The Morgan fingerprint density at radius 3 is 2.32 bits per heavy atom. The summed E-state index contributed by atoms with van der Waals surface area (Å²) in [5.74, 6) is 0.553. The molecule has 0 bridgehead atoms. The van der Waals surface area contributed by atoms with Gasteiger partial charge >= 0.3 is 0 Å². The first-order valence-electron chi connectivity index (χ1n) is 8.16. The van der Waals surface area contributed by atoms with Crippen LogP contribution in [0.25, 0.3) is 0 Å². The van der Waals surface area contributed by atoms with Gasteiger partial charge in [-0.25, -0.2) is 13.1 Å². The minimum absolute atomic E-state index is 0.00193. The van der Waals surface area contributed by atoms with E-state index < -0.39 is 20.6 Å². The quantitative estimate of drug-likeness (QED) is 0.498. The summed E-state index contributed by atoms with van der Waals surface area (Å²) in [6, 6.07) is 3.70. The lowest BCUT2D eigenvalue weighted by molar-refractivity contribution is -0.387. The molecule has 0 heterocycles. The molecule has 8 nitrogen and oxygen atoms in total. The average molecular weight is 373 g/mol. The summed E-state index contributed by atoms with van der Waals surface area (Å²) < 4.78 is 32.7. The first-order chi connectivity index (χ1) is 11.7. The van der Waals surface area contributed by atoms with Crippen molar-refractivity contribution in [2.45, 2.75) is 37.6 Å². The van der Waals surface area contributed by atoms with E-state index in [4.69, 9.17) is 4.74 Å². The van der Waals surface area contributed by atoms with Crippen LogP contribution in [-0.2, 0) is 10.0 Å². The topological polar surface area (TPSA) is 102 Å². The summed E-state index contributed by atoms with van der Waals surface area (Å²) in [4.78, 5) is 12.1. The van der Waals surface area contributed by atoms with E-state index in [0.29, 0.717) is 5.92 Å². The van der Waals surface area contributed by atoms with Crippen molar-refractivity contribution in [3.63, 3.8) is 0 Å². The van der Waals surface area contributed by atoms with E-state index in [2.05, 4.69) is 18.6 Å². The van der Waals surface area contributed by atoms with Crippen LogP contribution in [0.3, 0.4) is 0 Å². The van der Waals surface area contributed by atoms with Gasteiger partial charge in [0.1, 0.15) is 5.75 Å². The summed E-state index contributed by atoms with van der Waals surface area (Å²) in [7, 11) is 1.14. The molecule has 142 valence electrons. The van der Waals surface area contributed by atoms with E-state index in [-0.39, 0.29) is 23.2 Å². The minimum Gasteiger partial charge on any atom is -0.497 e. The van der Waals surface area contributed by atoms with Crippen LogP contribution in [0.1, 0.15) is 26.7 Å². The molecule has 0 saturated heterocycles. The number of likely N-dealkylation sites (N-methyl/N-ethyl adjacent to an activating group) is 1. The highest BCUT2D eigenvalue weighted by atomic mass is 32.2. The predicted molar refractivity (Wildman–Crippen MR) is 96.4 cm³/mol. The predicted octanol–water partition coefficient (Wildman–Crippen LogP) is 2.25. The van der Waals surface area contributed by atoms with E-state index in [9.17, 15) is 18.5 Å². The molecule has 0 aromatic heterocycles. The van der Waals surface area contributed by atoms with Gasteiger partial charge in [-0.15, -0.1) is 0 Å². The Morgan fingerprint density at radius 2 is 1.88 bits per heavy atom. The van der Waals surface area contributed by atoms with Gasteiger partial charge in [0.15, 0.2) is 4.90 Å². The van der Waals surface area contributed by atoms with Crippen LogP contribution in [0, 0.1) is 16.0 Å². The zero-order valence-electron chi connectivity index (χ0n) is 15.4. The van der Waals surface area contributed by atoms with Gasteiger partial charge in [0.2, 0.25) is 10.0 Å². The number of hydrogen-bond donors (Lipinski definition) is 1. The van der Waals surface area contributed by atoms with Gasteiger partial charge in [-0.2, -0.15) is 0 Å². The molecule has 1 rings (SSSR count). The maximum atomic E-state index is 12.6. The molecule has 1 atom stereocenters. The third-order valence-electron chi connectivity index (χ3n) is 4.39. The lowest BCUT2D eigenvalue weighted by Crippen LogP contribution is -2.44.